The summed E-state index contributed by atoms with van der Waals surface area (Å²) in [5.74, 6) is -0.124. The molecule has 0 radical (unpaired) electrons. The molecule has 0 saturated heterocycles. The van der Waals surface area contributed by atoms with Crippen LogP contribution in [0.15, 0.2) is 0 Å². The third kappa shape index (κ3) is 7.71. The number of hydrogen-bond donors (Lipinski definition) is 4. The second-order valence-corrected chi connectivity index (χ2v) is 4.58. The van der Waals surface area contributed by atoms with E-state index >= 15 is 0 Å². The van der Waals surface area contributed by atoms with Crippen molar-refractivity contribution in [2.24, 2.45) is 5.73 Å². The first-order chi connectivity index (χ1) is 8.24. The SMILES string of the molecule is CCCNC(CCCN)(NCCC)NCCC. The average molecular weight is 244 g/mol. The van der Waals surface area contributed by atoms with Crippen LogP contribution in [-0.4, -0.2) is 32.0 Å². The fourth-order valence-corrected chi connectivity index (χ4v) is 1.84. The van der Waals surface area contributed by atoms with Crippen molar-refractivity contribution in [3.63, 3.8) is 0 Å². The van der Waals surface area contributed by atoms with Crippen molar-refractivity contribution in [2.75, 3.05) is 26.2 Å². The Morgan fingerprint density at radius 3 is 1.53 bits per heavy atom. The molecule has 0 aliphatic heterocycles. The van der Waals surface area contributed by atoms with Gasteiger partial charge in [-0.05, 0) is 58.3 Å². The molecule has 0 aliphatic carbocycles. The van der Waals surface area contributed by atoms with Crippen LogP contribution < -0.4 is 21.7 Å². The normalized spacial score (nSPS) is 12.0. The van der Waals surface area contributed by atoms with Crippen LogP contribution in [0.5, 0.6) is 0 Å². The van der Waals surface area contributed by atoms with E-state index in [1.165, 1.54) is 0 Å². The van der Waals surface area contributed by atoms with E-state index in [0.29, 0.717) is 0 Å². The molecule has 0 spiro atoms. The Morgan fingerprint density at radius 2 is 1.24 bits per heavy atom. The number of nitrogens with one attached hydrogen (secondary N) is 3. The fraction of sp³-hybridized carbons (Fsp3) is 1.00. The molecule has 5 N–H and O–H groups in total. The van der Waals surface area contributed by atoms with Crippen molar-refractivity contribution in [1.82, 2.24) is 16.0 Å². The summed E-state index contributed by atoms with van der Waals surface area (Å²) in [5.41, 5.74) is 5.64. The highest BCUT2D eigenvalue weighted by molar-refractivity contribution is 4.82. The Hall–Kier alpha value is -0.160. The first kappa shape index (κ1) is 16.8. The van der Waals surface area contributed by atoms with Crippen LogP contribution in [0, 0.1) is 0 Å². The van der Waals surface area contributed by atoms with Crippen LogP contribution in [0.4, 0.5) is 0 Å². The molecule has 0 aromatic heterocycles. The molecule has 0 rings (SSSR count). The van der Waals surface area contributed by atoms with Gasteiger partial charge in [-0.25, -0.2) is 0 Å². The summed E-state index contributed by atoms with van der Waals surface area (Å²) in [6.07, 6.45) is 5.50. The second-order valence-electron chi connectivity index (χ2n) is 4.58. The number of nitrogens with two attached hydrogens (primary N) is 1. The second kappa shape index (κ2) is 11.0. The maximum Gasteiger partial charge on any atom is 0.123 e. The minimum absolute atomic E-state index is 0.124. The molecule has 0 aliphatic rings. The topological polar surface area (TPSA) is 62.1 Å². The molecule has 0 fully saturated rings. The summed E-state index contributed by atoms with van der Waals surface area (Å²) in [4.78, 5) is 0. The van der Waals surface area contributed by atoms with Gasteiger partial charge in [0.25, 0.3) is 0 Å². The number of rotatable bonds is 12. The van der Waals surface area contributed by atoms with E-state index in [1.807, 2.05) is 0 Å². The van der Waals surface area contributed by atoms with E-state index in [-0.39, 0.29) is 5.79 Å². The largest absolute Gasteiger partial charge is 0.330 e. The van der Waals surface area contributed by atoms with Crippen molar-refractivity contribution >= 4 is 0 Å². The highest BCUT2D eigenvalue weighted by Crippen LogP contribution is 2.06. The Bertz CT molecular complexity index is 124. The summed E-state index contributed by atoms with van der Waals surface area (Å²) < 4.78 is 0. The molecule has 104 valence electrons. The van der Waals surface area contributed by atoms with Crippen LogP contribution in [0.25, 0.3) is 0 Å². The van der Waals surface area contributed by atoms with Crippen molar-refractivity contribution < 1.29 is 0 Å². The minimum atomic E-state index is -0.124. The summed E-state index contributed by atoms with van der Waals surface area (Å²) in [6.45, 7) is 10.4. The molecule has 0 bridgehead atoms. The van der Waals surface area contributed by atoms with Crippen LogP contribution >= 0.6 is 0 Å². The van der Waals surface area contributed by atoms with Crippen molar-refractivity contribution in [3.8, 4) is 0 Å². The highest BCUT2D eigenvalue weighted by atomic mass is 15.3. The highest BCUT2D eigenvalue weighted by Gasteiger charge is 2.26. The predicted molar refractivity (Wildman–Crippen MR) is 75.9 cm³/mol. The lowest BCUT2D eigenvalue weighted by molar-refractivity contribution is 0.180. The van der Waals surface area contributed by atoms with Crippen LogP contribution in [0.2, 0.25) is 0 Å². The predicted octanol–water partition coefficient (Wildman–Crippen LogP) is 1.38. The first-order valence-corrected chi connectivity index (χ1v) is 7.19. The molecule has 0 amide bonds. The molecule has 0 atom stereocenters. The Labute approximate surface area is 107 Å². The van der Waals surface area contributed by atoms with Gasteiger partial charge in [0.2, 0.25) is 0 Å². The van der Waals surface area contributed by atoms with Crippen molar-refractivity contribution in [3.05, 3.63) is 0 Å². The molecule has 0 aromatic carbocycles. The zero-order valence-electron chi connectivity index (χ0n) is 11.9. The molecule has 4 heteroatoms. The lowest BCUT2D eigenvalue weighted by Crippen LogP contribution is -2.67. The van der Waals surface area contributed by atoms with Crippen molar-refractivity contribution in [1.29, 1.82) is 0 Å². The van der Waals surface area contributed by atoms with E-state index in [9.17, 15) is 0 Å². The molecule has 0 aromatic rings. The molecule has 17 heavy (non-hydrogen) atoms. The number of hydrogen-bond acceptors (Lipinski definition) is 4. The molecule has 0 saturated carbocycles. The summed E-state index contributed by atoms with van der Waals surface area (Å²) in [5, 5.41) is 10.8. The Kier molecular flexibility index (Phi) is 10.9. The molecule has 4 nitrogen and oxygen atoms in total. The Morgan fingerprint density at radius 1 is 0.824 bits per heavy atom. The fourth-order valence-electron chi connectivity index (χ4n) is 1.84. The van der Waals surface area contributed by atoms with Crippen LogP contribution in [0.3, 0.4) is 0 Å². The van der Waals surface area contributed by atoms with Gasteiger partial charge in [0.1, 0.15) is 5.79 Å². The summed E-state index contributed by atoms with van der Waals surface area (Å²) in [6, 6.07) is 0. The van der Waals surface area contributed by atoms with Crippen LogP contribution in [-0.2, 0) is 0 Å². The lowest BCUT2D eigenvalue weighted by atomic mass is 10.1. The van der Waals surface area contributed by atoms with Crippen LogP contribution in [0.1, 0.15) is 52.9 Å². The smallest absolute Gasteiger partial charge is 0.123 e. The third-order valence-corrected chi connectivity index (χ3v) is 2.79. The summed E-state index contributed by atoms with van der Waals surface area (Å²) in [7, 11) is 0. The van der Waals surface area contributed by atoms with E-state index in [1.54, 1.807) is 0 Å². The van der Waals surface area contributed by atoms with Gasteiger partial charge in [0, 0.05) is 0 Å². The van der Waals surface area contributed by atoms with Gasteiger partial charge in [-0.15, -0.1) is 0 Å². The van der Waals surface area contributed by atoms with Gasteiger partial charge in [-0.3, -0.25) is 16.0 Å². The van der Waals surface area contributed by atoms with Crippen molar-refractivity contribution in [2.45, 2.75) is 58.7 Å². The van der Waals surface area contributed by atoms with E-state index in [2.05, 4.69) is 36.7 Å². The van der Waals surface area contributed by atoms with Gasteiger partial charge in [-0.1, -0.05) is 20.8 Å². The quantitative estimate of drug-likeness (QED) is 0.392. The zero-order chi connectivity index (χ0) is 13.0. The zero-order valence-corrected chi connectivity index (χ0v) is 11.9. The van der Waals surface area contributed by atoms with E-state index < -0.39 is 0 Å². The maximum atomic E-state index is 5.64. The van der Waals surface area contributed by atoms with Gasteiger partial charge >= 0.3 is 0 Å². The van der Waals surface area contributed by atoms with Gasteiger partial charge in [0.05, 0.1) is 0 Å². The average Bonchev–Trinajstić information content (AvgIpc) is 2.37. The minimum Gasteiger partial charge on any atom is -0.330 e. The maximum absolute atomic E-state index is 5.64. The van der Waals surface area contributed by atoms with Gasteiger partial charge in [-0.2, -0.15) is 0 Å². The Balaban J connectivity index is 4.39. The van der Waals surface area contributed by atoms with Gasteiger partial charge < -0.3 is 5.73 Å². The molecular weight excluding hydrogens is 212 g/mol. The first-order valence-electron chi connectivity index (χ1n) is 7.19. The molecule has 0 unspecified atom stereocenters. The summed E-state index contributed by atoms with van der Waals surface area (Å²) >= 11 is 0. The van der Waals surface area contributed by atoms with E-state index in [0.717, 1.165) is 58.3 Å². The van der Waals surface area contributed by atoms with Gasteiger partial charge in [0.15, 0.2) is 0 Å². The third-order valence-electron chi connectivity index (χ3n) is 2.79. The lowest BCUT2D eigenvalue weighted by Gasteiger charge is -2.37. The standard InChI is InChI=1S/C13H32N4/c1-4-10-15-13(8-7-9-14,16-11-5-2)17-12-6-3/h15-17H,4-12,14H2,1-3H3. The van der Waals surface area contributed by atoms with E-state index in [4.69, 9.17) is 5.73 Å². The molecular formula is C13H32N4. The molecule has 0 heterocycles. The monoisotopic (exact) mass is 244 g/mol.